The maximum atomic E-state index is 12.8. The zero-order valence-electron chi connectivity index (χ0n) is 16.4. The summed E-state index contributed by atoms with van der Waals surface area (Å²) in [5, 5.41) is 2.62. The van der Waals surface area contributed by atoms with Crippen molar-refractivity contribution in [1.29, 1.82) is 0 Å². The first-order valence-corrected chi connectivity index (χ1v) is 11.7. The van der Waals surface area contributed by atoms with E-state index in [9.17, 15) is 13.2 Å². The lowest BCUT2D eigenvalue weighted by Crippen LogP contribution is -2.41. The van der Waals surface area contributed by atoms with Gasteiger partial charge in [-0.3, -0.25) is 4.79 Å². The van der Waals surface area contributed by atoms with Crippen molar-refractivity contribution in [2.75, 3.05) is 38.6 Å². The molecular formula is C20H28N4O4S. The number of carbonyl (C=O) groups is 1. The summed E-state index contributed by atoms with van der Waals surface area (Å²) in [5.41, 5.74) is 6.35. The molecule has 1 amide bonds. The van der Waals surface area contributed by atoms with Gasteiger partial charge in [-0.1, -0.05) is 0 Å². The van der Waals surface area contributed by atoms with Gasteiger partial charge in [0.1, 0.15) is 5.82 Å². The van der Waals surface area contributed by atoms with E-state index in [1.165, 1.54) is 6.08 Å². The number of hydrogen-bond acceptors (Lipinski definition) is 6. The summed E-state index contributed by atoms with van der Waals surface area (Å²) in [6, 6.07) is 3.49. The van der Waals surface area contributed by atoms with Crippen molar-refractivity contribution in [2.24, 2.45) is 17.8 Å². The Hall–Kier alpha value is -1.97. The Bertz CT molecular complexity index is 853. The van der Waals surface area contributed by atoms with Crippen molar-refractivity contribution >= 4 is 27.8 Å². The quantitative estimate of drug-likeness (QED) is 0.633. The number of nitrogens with zero attached hydrogens (tertiary/aromatic N) is 2. The lowest BCUT2D eigenvalue weighted by atomic mass is 10.2. The molecule has 0 unspecified atom stereocenters. The fraction of sp³-hybridized carbons (Fsp3) is 0.600. The number of piperidine rings is 1. The largest absolute Gasteiger partial charge is 0.384 e. The molecule has 0 spiro atoms. The van der Waals surface area contributed by atoms with Crippen LogP contribution in [-0.2, 0) is 19.6 Å². The predicted octanol–water partition coefficient (Wildman–Crippen LogP) is 0.870. The van der Waals surface area contributed by atoms with E-state index in [1.54, 1.807) is 28.7 Å². The third-order valence-electron chi connectivity index (χ3n) is 6.30. The second kappa shape index (κ2) is 8.41. The summed E-state index contributed by atoms with van der Waals surface area (Å²) < 4.78 is 32.5. The van der Waals surface area contributed by atoms with E-state index in [-0.39, 0.29) is 11.2 Å². The van der Waals surface area contributed by atoms with E-state index >= 15 is 0 Å². The van der Waals surface area contributed by atoms with Crippen LogP contribution in [0.1, 0.15) is 24.8 Å². The number of carbonyl (C=O) groups excluding carboxylic acids is 1. The summed E-state index contributed by atoms with van der Waals surface area (Å²) in [6.45, 7) is 2.94. The molecule has 1 aromatic heterocycles. The second-order valence-electron chi connectivity index (χ2n) is 8.09. The van der Waals surface area contributed by atoms with Crippen molar-refractivity contribution < 1.29 is 17.9 Å². The number of hydrogen-bond donors (Lipinski definition) is 2. The molecule has 3 aliphatic rings. The first-order valence-electron chi connectivity index (χ1n) is 10.2. The van der Waals surface area contributed by atoms with Crippen molar-refractivity contribution in [3.8, 4) is 0 Å². The fourth-order valence-electron chi connectivity index (χ4n) is 4.54. The van der Waals surface area contributed by atoms with E-state index in [0.717, 1.165) is 12.0 Å². The zero-order chi connectivity index (χ0) is 20.4. The van der Waals surface area contributed by atoms with Crippen molar-refractivity contribution in [3.63, 3.8) is 0 Å². The number of sulfonamides is 1. The maximum Gasteiger partial charge on any atom is 0.244 e. The van der Waals surface area contributed by atoms with Gasteiger partial charge in [-0.2, -0.15) is 0 Å². The number of anilines is 1. The Kier molecular flexibility index (Phi) is 5.89. The van der Waals surface area contributed by atoms with Crippen LogP contribution in [0.4, 0.5) is 5.82 Å². The predicted molar refractivity (Wildman–Crippen MR) is 110 cm³/mol. The van der Waals surface area contributed by atoms with Crippen LogP contribution >= 0.6 is 0 Å². The van der Waals surface area contributed by atoms with Gasteiger partial charge in [0.2, 0.25) is 15.9 Å². The molecule has 3 atom stereocenters. The second-order valence-corrected chi connectivity index (χ2v) is 10.3. The van der Waals surface area contributed by atoms with Gasteiger partial charge >= 0.3 is 0 Å². The molecule has 0 radical (unpaired) electrons. The molecule has 3 N–H and O–H groups in total. The molecule has 2 saturated heterocycles. The number of ether oxygens (including phenoxy) is 1. The van der Waals surface area contributed by atoms with E-state index in [2.05, 4.69) is 10.3 Å². The summed E-state index contributed by atoms with van der Waals surface area (Å²) in [5.74, 6) is 1.70. The van der Waals surface area contributed by atoms with Gasteiger partial charge in [-0.15, -0.1) is 0 Å². The Morgan fingerprint density at radius 3 is 2.66 bits per heavy atom. The van der Waals surface area contributed by atoms with E-state index in [1.807, 2.05) is 0 Å². The van der Waals surface area contributed by atoms with Crippen LogP contribution in [0.15, 0.2) is 24.4 Å². The first kappa shape index (κ1) is 20.3. The molecule has 0 aromatic carbocycles. The van der Waals surface area contributed by atoms with E-state index in [0.29, 0.717) is 69.3 Å². The third kappa shape index (κ3) is 4.62. The molecular weight excluding hydrogens is 392 g/mol. The highest BCUT2D eigenvalue weighted by atomic mass is 32.2. The van der Waals surface area contributed by atoms with Crippen LogP contribution in [0, 0.1) is 17.8 Å². The number of pyridine rings is 1. The molecule has 2 aliphatic heterocycles. The van der Waals surface area contributed by atoms with Gasteiger partial charge in [0.05, 0.1) is 5.25 Å². The van der Waals surface area contributed by atoms with Crippen LogP contribution in [-0.4, -0.2) is 61.7 Å². The van der Waals surface area contributed by atoms with Crippen LogP contribution in [0.25, 0.3) is 6.08 Å². The van der Waals surface area contributed by atoms with Gasteiger partial charge in [0, 0.05) is 45.1 Å². The highest BCUT2D eigenvalue weighted by Gasteiger charge is 2.57. The molecule has 158 valence electrons. The highest BCUT2D eigenvalue weighted by Crippen LogP contribution is 2.54. The molecule has 1 aromatic rings. The summed E-state index contributed by atoms with van der Waals surface area (Å²) in [6.07, 6.45) is 6.90. The molecule has 9 heteroatoms. The number of fused-ring (bicyclic) bond motifs is 1. The number of amides is 1. The minimum atomic E-state index is -3.20. The Labute approximate surface area is 171 Å². The van der Waals surface area contributed by atoms with Crippen LogP contribution < -0.4 is 11.1 Å². The zero-order valence-corrected chi connectivity index (χ0v) is 17.2. The molecule has 1 aliphatic carbocycles. The normalized spacial score (nSPS) is 27.8. The molecule has 1 saturated carbocycles. The SMILES string of the molecule is Nc1ccc(/C=C/C(=O)NCC[C@@H]2[C@H]3CN(S(=O)(=O)C4CCOCC4)C[C@@H]23)cn1. The molecule has 4 rings (SSSR count). The highest BCUT2D eigenvalue weighted by molar-refractivity contribution is 7.89. The average molecular weight is 421 g/mol. The van der Waals surface area contributed by atoms with Crippen molar-refractivity contribution in [3.05, 3.63) is 30.0 Å². The van der Waals surface area contributed by atoms with Crippen molar-refractivity contribution in [2.45, 2.75) is 24.5 Å². The fourth-order valence-corrected chi connectivity index (χ4v) is 6.51. The number of nitrogens with one attached hydrogen (secondary N) is 1. The summed E-state index contributed by atoms with van der Waals surface area (Å²) >= 11 is 0. The molecule has 8 nitrogen and oxygen atoms in total. The lowest BCUT2D eigenvalue weighted by molar-refractivity contribution is -0.116. The van der Waals surface area contributed by atoms with Gasteiger partial charge in [0.15, 0.2) is 0 Å². The number of aromatic nitrogens is 1. The summed E-state index contributed by atoms with van der Waals surface area (Å²) in [4.78, 5) is 15.9. The van der Waals surface area contributed by atoms with Gasteiger partial charge < -0.3 is 15.8 Å². The summed E-state index contributed by atoms with van der Waals surface area (Å²) in [7, 11) is -3.20. The number of nitrogens with two attached hydrogens (primary N) is 1. The van der Waals surface area contributed by atoms with Crippen LogP contribution in [0.2, 0.25) is 0 Å². The Morgan fingerprint density at radius 2 is 2.00 bits per heavy atom. The first-order chi connectivity index (χ1) is 13.9. The lowest BCUT2D eigenvalue weighted by Gasteiger charge is -2.28. The van der Waals surface area contributed by atoms with Crippen LogP contribution in [0.5, 0.6) is 0 Å². The van der Waals surface area contributed by atoms with Crippen LogP contribution in [0.3, 0.4) is 0 Å². The van der Waals surface area contributed by atoms with E-state index in [4.69, 9.17) is 10.5 Å². The van der Waals surface area contributed by atoms with Gasteiger partial charge in [-0.25, -0.2) is 17.7 Å². The minimum absolute atomic E-state index is 0.142. The van der Waals surface area contributed by atoms with Gasteiger partial charge in [-0.05, 0) is 60.8 Å². The van der Waals surface area contributed by atoms with E-state index < -0.39 is 10.0 Å². The third-order valence-corrected chi connectivity index (χ3v) is 8.63. The molecule has 3 fully saturated rings. The molecule has 0 bridgehead atoms. The van der Waals surface area contributed by atoms with Gasteiger partial charge in [0.25, 0.3) is 0 Å². The Morgan fingerprint density at radius 1 is 1.28 bits per heavy atom. The standard InChI is InChI=1S/C20H28N4O4S/c21-19-3-1-14(11-23-19)2-4-20(25)22-8-5-16-17-12-24(13-18(16)17)29(26,27)15-6-9-28-10-7-15/h1-4,11,15-18H,5-10,12-13H2,(H2,21,23)(H,22,25)/b4-2+/t16-,17-,18+. The van der Waals surface area contributed by atoms with Crippen molar-refractivity contribution in [1.82, 2.24) is 14.6 Å². The number of rotatable bonds is 7. The average Bonchev–Trinajstić information content (AvgIpc) is 3.16. The minimum Gasteiger partial charge on any atom is -0.384 e. The molecule has 29 heavy (non-hydrogen) atoms. The maximum absolute atomic E-state index is 12.8. The smallest absolute Gasteiger partial charge is 0.244 e. The monoisotopic (exact) mass is 420 g/mol. The number of nitrogen functional groups attached to an aromatic ring is 1. The topological polar surface area (TPSA) is 115 Å². The Balaban J connectivity index is 1.17. The molecule has 3 heterocycles.